The number of carbonyl (C=O) groups excluding carboxylic acids is 2. The molecule has 1 aliphatic rings. The molecule has 0 aromatic carbocycles. The minimum atomic E-state index is -1.11. The van der Waals surface area contributed by atoms with Gasteiger partial charge in [-0.3, -0.25) is 9.59 Å². The first kappa shape index (κ1) is 16.0. The summed E-state index contributed by atoms with van der Waals surface area (Å²) in [7, 11) is 0. The van der Waals surface area contributed by atoms with Crippen molar-refractivity contribution in [1.29, 1.82) is 0 Å². The molecule has 0 heterocycles. The highest BCUT2D eigenvalue weighted by Gasteiger charge is 2.68. The summed E-state index contributed by atoms with van der Waals surface area (Å²) in [5, 5.41) is 0. The fourth-order valence-corrected chi connectivity index (χ4v) is 2.11. The van der Waals surface area contributed by atoms with Gasteiger partial charge >= 0.3 is 11.9 Å². The van der Waals surface area contributed by atoms with Gasteiger partial charge in [0.25, 0.3) is 0 Å². The van der Waals surface area contributed by atoms with Crippen molar-refractivity contribution < 1.29 is 23.8 Å². The van der Waals surface area contributed by atoms with Gasteiger partial charge in [0.2, 0.25) is 0 Å². The molecule has 1 aliphatic carbocycles. The third-order valence-electron chi connectivity index (χ3n) is 3.35. The minimum Gasteiger partial charge on any atom is -0.465 e. The quantitative estimate of drug-likeness (QED) is 0.364. The second-order valence-corrected chi connectivity index (χ2v) is 4.74. The predicted molar refractivity (Wildman–Crippen MR) is 69.5 cm³/mol. The summed E-state index contributed by atoms with van der Waals surface area (Å²) >= 11 is 0. The van der Waals surface area contributed by atoms with Gasteiger partial charge in [-0.15, -0.1) is 0 Å². The molecule has 110 valence electrons. The first-order chi connectivity index (χ1) is 9.13. The molecule has 5 heteroatoms. The van der Waals surface area contributed by atoms with Crippen molar-refractivity contribution in [2.45, 2.75) is 40.0 Å². The molecule has 0 amide bonds. The van der Waals surface area contributed by atoms with Gasteiger partial charge in [-0.2, -0.15) is 0 Å². The average molecular weight is 272 g/mol. The van der Waals surface area contributed by atoms with Crippen molar-refractivity contribution in [3.63, 3.8) is 0 Å². The van der Waals surface area contributed by atoms with E-state index in [1.54, 1.807) is 13.8 Å². The van der Waals surface area contributed by atoms with Crippen LogP contribution in [0.2, 0.25) is 0 Å². The standard InChI is InChI=1S/C14H24O5/c1-4-7-8-17-10-11-9-14(11,12(15)18-5-2)13(16)19-6-3/h11H,4-10H2,1-3H3/t11-/m0/s1. The van der Waals surface area contributed by atoms with Crippen molar-refractivity contribution in [1.82, 2.24) is 0 Å². The molecular formula is C14H24O5. The smallest absolute Gasteiger partial charge is 0.323 e. The van der Waals surface area contributed by atoms with Crippen LogP contribution in [0.3, 0.4) is 0 Å². The largest absolute Gasteiger partial charge is 0.465 e. The Morgan fingerprint density at radius 3 is 2.16 bits per heavy atom. The summed E-state index contributed by atoms with van der Waals surface area (Å²) in [5.41, 5.74) is -1.11. The molecule has 19 heavy (non-hydrogen) atoms. The number of unbranched alkanes of at least 4 members (excludes halogenated alkanes) is 1. The first-order valence-electron chi connectivity index (χ1n) is 7.05. The number of hydrogen-bond acceptors (Lipinski definition) is 5. The number of carbonyl (C=O) groups is 2. The molecule has 0 saturated heterocycles. The molecule has 0 aromatic rings. The molecular weight excluding hydrogens is 248 g/mol. The minimum absolute atomic E-state index is 0.109. The lowest BCUT2D eigenvalue weighted by molar-refractivity contribution is -0.165. The van der Waals surface area contributed by atoms with Crippen LogP contribution in [0.25, 0.3) is 0 Å². The summed E-state index contributed by atoms with van der Waals surface area (Å²) in [6, 6.07) is 0. The summed E-state index contributed by atoms with van der Waals surface area (Å²) in [5.74, 6) is -1.06. The van der Waals surface area contributed by atoms with Gasteiger partial charge in [0.05, 0.1) is 19.8 Å². The maximum absolute atomic E-state index is 12.0. The lowest BCUT2D eigenvalue weighted by Gasteiger charge is -2.14. The summed E-state index contributed by atoms with van der Waals surface area (Å²) in [4.78, 5) is 23.9. The molecule has 1 rings (SSSR count). The Morgan fingerprint density at radius 2 is 1.68 bits per heavy atom. The van der Waals surface area contributed by atoms with E-state index in [-0.39, 0.29) is 19.1 Å². The van der Waals surface area contributed by atoms with Gasteiger partial charge in [0.15, 0.2) is 5.41 Å². The maximum atomic E-state index is 12.0. The lowest BCUT2D eigenvalue weighted by atomic mass is 10.0. The van der Waals surface area contributed by atoms with Gasteiger partial charge in [-0.05, 0) is 26.7 Å². The number of esters is 2. The fraction of sp³-hybridized carbons (Fsp3) is 0.857. The van der Waals surface area contributed by atoms with Gasteiger partial charge in [-0.25, -0.2) is 0 Å². The molecule has 0 aliphatic heterocycles. The van der Waals surface area contributed by atoms with Crippen LogP contribution in [-0.4, -0.2) is 38.4 Å². The second kappa shape index (κ2) is 7.48. The zero-order chi connectivity index (χ0) is 14.3. The molecule has 5 nitrogen and oxygen atoms in total. The monoisotopic (exact) mass is 272 g/mol. The van der Waals surface area contributed by atoms with E-state index >= 15 is 0 Å². The third kappa shape index (κ3) is 3.69. The number of rotatable bonds is 9. The van der Waals surface area contributed by atoms with E-state index in [1.807, 2.05) is 0 Å². The molecule has 1 saturated carbocycles. The molecule has 0 N–H and O–H groups in total. The normalized spacial score (nSPS) is 19.8. The maximum Gasteiger partial charge on any atom is 0.323 e. The highest BCUT2D eigenvalue weighted by Crippen LogP contribution is 2.54. The van der Waals surface area contributed by atoms with Crippen LogP contribution in [-0.2, 0) is 23.8 Å². The van der Waals surface area contributed by atoms with E-state index in [0.29, 0.717) is 19.6 Å². The molecule has 0 bridgehead atoms. The Labute approximate surface area is 114 Å². The third-order valence-corrected chi connectivity index (χ3v) is 3.35. The van der Waals surface area contributed by atoms with Crippen LogP contribution < -0.4 is 0 Å². The molecule has 0 aromatic heterocycles. The molecule has 0 unspecified atom stereocenters. The second-order valence-electron chi connectivity index (χ2n) is 4.74. The van der Waals surface area contributed by atoms with E-state index in [4.69, 9.17) is 14.2 Å². The Hall–Kier alpha value is -1.10. The highest BCUT2D eigenvalue weighted by molar-refractivity contribution is 6.03. The predicted octanol–water partition coefficient (Wildman–Crippen LogP) is 1.94. The first-order valence-corrected chi connectivity index (χ1v) is 7.05. The van der Waals surface area contributed by atoms with Crippen LogP contribution in [0.15, 0.2) is 0 Å². The van der Waals surface area contributed by atoms with Crippen molar-refractivity contribution in [2.75, 3.05) is 26.4 Å². The Kier molecular flexibility index (Phi) is 6.28. The van der Waals surface area contributed by atoms with Crippen LogP contribution in [0.1, 0.15) is 40.0 Å². The zero-order valence-electron chi connectivity index (χ0n) is 12.1. The van der Waals surface area contributed by atoms with Crippen molar-refractivity contribution in [2.24, 2.45) is 11.3 Å². The van der Waals surface area contributed by atoms with E-state index in [2.05, 4.69) is 6.92 Å². The SMILES string of the molecule is CCCCOC[C@@H]1CC1(C(=O)OCC)C(=O)OCC. The molecule has 1 fully saturated rings. The fourth-order valence-electron chi connectivity index (χ4n) is 2.11. The van der Waals surface area contributed by atoms with E-state index in [9.17, 15) is 9.59 Å². The Balaban J connectivity index is 2.55. The van der Waals surface area contributed by atoms with Crippen LogP contribution in [0, 0.1) is 11.3 Å². The van der Waals surface area contributed by atoms with Gasteiger partial charge in [-0.1, -0.05) is 13.3 Å². The van der Waals surface area contributed by atoms with E-state index in [0.717, 1.165) is 12.8 Å². The van der Waals surface area contributed by atoms with Crippen molar-refractivity contribution >= 4 is 11.9 Å². The molecule has 1 atom stereocenters. The van der Waals surface area contributed by atoms with Crippen molar-refractivity contribution in [3.05, 3.63) is 0 Å². The topological polar surface area (TPSA) is 61.8 Å². The van der Waals surface area contributed by atoms with Crippen LogP contribution >= 0.6 is 0 Å². The average Bonchev–Trinajstić information content (AvgIpc) is 3.11. The van der Waals surface area contributed by atoms with Gasteiger partial charge in [0, 0.05) is 12.5 Å². The van der Waals surface area contributed by atoms with Crippen LogP contribution in [0.4, 0.5) is 0 Å². The summed E-state index contributed by atoms with van der Waals surface area (Å²) in [6.07, 6.45) is 2.51. The molecule has 0 spiro atoms. The van der Waals surface area contributed by atoms with E-state index < -0.39 is 17.4 Å². The zero-order valence-corrected chi connectivity index (χ0v) is 12.1. The van der Waals surface area contributed by atoms with E-state index in [1.165, 1.54) is 0 Å². The van der Waals surface area contributed by atoms with Crippen LogP contribution in [0.5, 0.6) is 0 Å². The lowest BCUT2D eigenvalue weighted by Crippen LogP contribution is -2.32. The van der Waals surface area contributed by atoms with Gasteiger partial charge in [0.1, 0.15) is 0 Å². The van der Waals surface area contributed by atoms with Gasteiger partial charge < -0.3 is 14.2 Å². The highest BCUT2D eigenvalue weighted by atomic mass is 16.6. The summed E-state index contributed by atoms with van der Waals surface area (Å²) < 4.78 is 15.5. The number of ether oxygens (including phenoxy) is 3. The van der Waals surface area contributed by atoms with Crippen molar-refractivity contribution in [3.8, 4) is 0 Å². The Bertz CT molecular complexity index is 295. The summed E-state index contributed by atoms with van der Waals surface area (Å²) in [6.45, 7) is 7.15. The Morgan fingerprint density at radius 1 is 1.11 bits per heavy atom. The molecule has 0 radical (unpaired) electrons. The number of hydrogen-bond donors (Lipinski definition) is 0.